The van der Waals surface area contributed by atoms with Crippen LogP contribution in [0.25, 0.3) is 5.69 Å². The maximum Gasteiger partial charge on any atom is 0.270 e. The van der Waals surface area contributed by atoms with Gasteiger partial charge in [-0.2, -0.15) is 0 Å². The number of imidazole rings is 1. The lowest BCUT2D eigenvalue weighted by Crippen LogP contribution is -2.38. The molecule has 1 aromatic heterocycles. The number of benzene rings is 1. The highest BCUT2D eigenvalue weighted by Gasteiger charge is 2.21. The molecule has 1 saturated carbocycles. The number of nitrogens with zero attached hydrogens (tertiary/aromatic N) is 2. The topological polar surface area (TPSA) is 76.0 Å². The van der Waals surface area contributed by atoms with Crippen molar-refractivity contribution in [2.75, 3.05) is 19.3 Å². The third kappa shape index (κ3) is 4.92. The molecule has 0 unspecified atom stereocenters. The predicted molar refractivity (Wildman–Crippen MR) is 107 cm³/mol. The fraction of sp³-hybridized carbons (Fsp3) is 0.450. The van der Waals surface area contributed by atoms with Crippen molar-refractivity contribution in [2.24, 2.45) is 5.92 Å². The summed E-state index contributed by atoms with van der Waals surface area (Å²) in [5.41, 5.74) is 1.04. The van der Waals surface area contributed by atoms with Gasteiger partial charge in [-0.3, -0.25) is 14.2 Å². The van der Waals surface area contributed by atoms with Gasteiger partial charge in [0, 0.05) is 24.7 Å². The molecule has 3 rings (SSSR count). The van der Waals surface area contributed by atoms with Crippen LogP contribution in [0.4, 0.5) is 4.39 Å². The quantitative estimate of drug-likeness (QED) is 0.549. The molecule has 2 aromatic rings. The van der Waals surface area contributed by atoms with E-state index in [1.54, 1.807) is 16.7 Å². The smallest absolute Gasteiger partial charge is 0.270 e. The van der Waals surface area contributed by atoms with E-state index in [0.29, 0.717) is 29.6 Å². The second-order valence-electron chi connectivity index (χ2n) is 6.82. The Labute approximate surface area is 168 Å². The summed E-state index contributed by atoms with van der Waals surface area (Å²) in [7, 11) is 0. The number of hydrogen-bond donors (Lipinski definition) is 2. The number of hydrogen-bond acceptors (Lipinski definition) is 4. The van der Waals surface area contributed by atoms with Crippen LogP contribution in [-0.4, -0.2) is 40.7 Å². The molecule has 1 fully saturated rings. The summed E-state index contributed by atoms with van der Waals surface area (Å²) in [6, 6.07) is 5.92. The van der Waals surface area contributed by atoms with Crippen molar-refractivity contribution in [2.45, 2.75) is 37.3 Å². The maximum atomic E-state index is 13.2. The lowest BCUT2D eigenvalue weighted by molar-refractivity contribution is -0.125. The molecule has 2 amide bonds. The first-order chi connectivity index (χ1) is 13.6. The molecule has 6 nitrogen and oxygen atoms in total. The Bertz CT molecular complexity index is 816. The van der Waals surface area contributed by atoms with Gasteiger partial charge in [0.2, 0.25) is 5.91 Å². The fourth-order valence-electron chi connectivity index (χ4n) is 3.44. The lowest BCUT2D eigenvalue weighted by atomic mass is 9.89. The van der Waals surface area contributed by atoms with Crippen LogP contribution in [0.15, 0.2) is 35.6 Å². The lowest BCUT2D eigenvalue weighted by Gasteiger charge is -2.20. The van der Waals surface area contributed by atoms with Crippen molar-refractivity contribution < 1.29 is 14.0 Å². The Morgan fingerprint density at radius 2 is 1.82 bits per heavy atom. The van der Waals surface area contributed by atoms with Crippen molar-refractivity contribution in [1.82, 2.24) is 20.2 Å². The van der Waals surface area contributed by atoms with E-state index in [-0.39, 0.29) is 23.5 Å². The van der Waals surface area contributed by atoms with Crippen LogP contribution >= 0.6 is 11.8 Å². The Kier molecular flexibility index (Phi) is 7.08. The summed E-state index contributed by atoms with van der Waals surface area (Å²) in [6.07, 6.45) is 8.70. The third-order valence-electron chi connectivity index (χ3n) is 4.92. The zero-order valence-electron chi connectivity index (χ0n) is 15.9. The molecule has 0 atom stereocenters. The molecule has 0 bridgehead atoms. The minimum atomic E-state index is -0.339. The number of aromatic nitrogens is 2. The van der Waals surface area contributed by atoms with Crippen molar-refractivity contribution in [3.8, 4) is 5.69 Å². The number of halogens is 1. The van der Waals surface area contributed by atoms with Gasteiger partial charge in [-0.15, -0.1) is 0 Å². The van der Waals surface area contributed by atoms with Crippen molar-refractivity contribution in [1.29, 1.82) is 0 Å². The molecular weight excluding hydrogens is 379 g/mol. The summed E-state index contributed by atoms with van der Waals surface area (Å²) in [5.74, 6) is -0.443. The van der Waals surface area contributed by atoms with E-state index in [1.807, 2.05) is 6.26 Å². The van der Waals surface area contributed by atoms with Crippen LogP contribution in [0.5, 0.6) is 0 Å². The van der Waals surface area contributed by atoms with E-state index < -0.39 is 0 Å². The van der Waals surface area contributed by atoms with Gasteiger partial charge in [-0.05, 0) is 43.4 Å². The zero-order valence-corrected chi connectivity index (χ0v) is 16.7. The van der Waals surface area contributed by atoms with Crippen LogP contribution in [0.1, 0.15) is 42.6 Å². The van der Waals surface area contributed by atoms with E-state index >= 15 is 0 Å². The molecule has 1 heterocycles. The molecule has 150 valence electrons. The number of thioether (sulfide) groups is 1. The molecule has 0 saturated heterocycles. The predicted octanol–water partition coefficient (Wildman–Crippen LogP) is 3.16. The zero-order chi connectivity index (χ0) is 19.9. The summed E-state index contributed by atoms with van der Waals surface area (Å²) < 4.78 is 14.9. The van der Waals surface area contributed by atoms with E-state index in [4.69, 9.17) is 0 Å². The van der Waals surface area contributed by atoms with E-state index in [1.165, 1.54) is 36.5 Å². The second-order valence-corrected chi connectivity index (χ2v) is 7.60. The number of carbonyl (C=O) groups excluding carboxylic acids is 2. The van der Waals surface area contributed by atoms with Gasteiger partial charge in [-0.25, -0.2) is 9.37 Å². The SMILES string of the molecule is CSc1ncc(C(=O)NCCNC(=O)C2CCCCC2)n1-c1ccc(F)cc1. The third-order valence-corrected chi connectivity index (χ3v) is 5.57. The van der Waals surface area contributed by atoms with Crippen molar-refractivity contribution in [3.05, 3.63) is 42.0 Å². The first kappa shape index (κ1) is 20.4. The van der Waals surface area contributed by atoms with Crippen LogP contribution in [0.2, 0.25) is 0 Å². The first-order valence-electron chi connectivity index (χ1n) is 9.53. The fourth-order valence-corrected chi connectivity index (χ4v) is 3.98. The number of carbonyl (C=O) groups is 2. The van der Waals surface area contributed by atoms with Gasteiger partial charge < -0.3 is 10.6 Å². The van der Waals surface area contributed by atoms with Gasteiger partial charge in [0.25, 0.3) is 5.91 Å². The van der Waals surface area contributed by atoms with Crippen LogP contribution < -0.4 is 10.6 Å². The molecule has 0 spiro atoms. The molecule has 1 aliphatic rings. The van der Waals surface area contributed by atoms with Gasteiger partial charge in [0.05, 0.1) is 6.20 Å². The van der Waals surface area contributed by atoms with Crippen LogP contribution in [0, 0.1) is 11.7 Å². The standard InChI is InChI=1S/C20H25FN4O2S/c1-28-20-24-13-17(25(20)16-9-7-15(21)8-10-16)19(27)23-12-11-22-18(26)14-5-3-2-4-6-14/h7-10,13-14H,2-6,11-12H2,1H3,(H,22,26)(H,23,27). The number of nitrogens with one attached hydrogen (secondary N) is 2. The Morgan fingerprint density at radius 1 is 1.14 bits per heavy atom. The van der Waals surface area contributed by atoms with Crippen molar-refractivity contribution in [3.63, 3.8) is 0 Å². The van der Waals surface area contributed by atoms with Gasteiger partial charge in [0.1, 0.15) is 11.5 Å². The van der Waals surface area contributed by atoms with E-state index in [2.05, 4.69) is 15.6 Å². The normalized spacial score (nSPS) is 14.6. The summed E-state index contributed by atoms with van der Waals surface area (Å²) >= 11 is 1.40. The highest BCUT2D eigenvalue weighted by atomic mass is 32.2. The average Bonchev–Trinajstić information content (AvgIpc) is 3.16. The summed E-state index contributed by atoms with van der Waals surface area (Å²) in [4.78, 5) is 29.0. The maximum absolute atomic E-state index is 13.2. The molecule has 1 aromatic carbocycles. The summed E-state index contributed by atoms with van der Waals surface area (Å²) in [5, 5.41) is 6.37. The van der Waals surface area contributed by atoms with Gasteiger partial charge in [-0.1, -0.05) is 31.0 Å². The molecular formula is C20H25FN4O2S. The monoisotopic (exact) mass is 404 g/mol. The van der Waals surface area contributed by atoms with Crippen LogP contribution in [-0.2, 0) is 4.79 Å². The largest absolute Gasteiger partial charge is 0.354 e. The highest BCUT2D eigenvalue weighted by Crippen LogP contribution is 2.24. The van der Waals surface area contributed by atoms with E-state index in [0.717, 1.165) is 25.7 Å². The second kappa shape index (κ2) is 9.73. The van der Waals surface area contributed by atoms with Gasteiger partial charge >= 0.3 is 0 Å². The minimum absolute atomic E-state index is 0.0787. The average molecular weight is 405 g/mol. The molecule has 2 N–H and O–H groups in total. The first-order valence-corrected chi connectivity index (χ1v) is 10.8. The Balaban J connectivity index is 1.58. The number of rotatable bonds is 7. The molecule has 0 radical (unpaired) electrons. The van der Waals surface area contributed by atoms with Crippen molar-refractivity contribution >= 4 is 23.6 Å². The highest BCUT2D eigenvalue weighted by molar-refractivity contribution is 7.98. The molecule has 0 aliphatic heterocycles. The minimum Gasteiger partial charge on any atom is -0.354 e. The number of amides is 2. The Hall–Kier alpha value is -2.35. The molecule has 28 heavy (non-hydrogen) atoms. The Morgan fingerprint density at radius 3 is 2.50 bits per heavy atom. The summed E-state index contributed by atoms with van der Waals surface area (Å²) in [6.45, 7) is 0.724. The molecule has 1 aliphatic carbocycles. The molecule has 8 heteroatoms. The van der Waals surface area contributed by atoms with Crippen LogP contribution in [0.3, 0.4) is 0 Å². The van der Waals surface area contributed by atoms with Gasteiger partial charge in [0.15, 0.2) is 5.16 Å². The van der Waals surface area contributed by atoms with E-state index in [9.17, 15) is 14.0 Å².